The Morgan fingerprint density at radius 3 is 2.50 bits per heavy atom. The van der Waals surface area contributed by atoms with Crippen molar-refractivity contribution in [1.82, 2.24) is 5.32 Å². The van der Waals surface area contributed by atoms with Crippen LogP contribution in [0.1, 0.15) is 32.4 Å². The zero-order valence-electron chi connectivity index (χ0n) is 12.2. The van der Waals surface area contributed by atoms with Gasteiger partial charge in [-0.2, -0.15) is 0 Å². The highest BCUT2D eigenvalue weighted by atomic mass is 127. The van der Waals surface area contributed by atoms with Crippen molar-refractivity contribution < 1.29 is 14.3 Å². The number of benzene rings is 1. The van der Waals surface area contributed by atoms with E-state index >= 15 is 0 Å². The number of halogens is 1. The molecule has 20 heavy (non-hydrogen) atoms. The molecule has 1 rings (SSSR count). The van der Waals surface area contributed by atoms with Gasteiger partial charge in [-0.25, -0.2) is 4.79 Å². The lowest BCUT2D eigenvalue weighted by atomic mass is 10.1. The van der Waals surface area contributed by atoms with Crippen LogP contribution in [0, 0.1) is 0 Å². The van der Waals surface area contributed by atoms with Gasteiger partial charge < -0.3 is 14.8 Å². The first-order chi connectivity index (χ1) is 9.42. The molecule has 1 N–H and O–H groups in total. The molecule has 0 heterocycles. The summed E-state index contributed by atoms with van der Waals surface area (Å²) >= 11 is 2.26. The quantitative estimate of drug-likeness (QED) is 0.594. The van der Waals surface area contributed by atoms with Crippen molar-refractivity contribution in [2.75, 3.05) is 17.6 Å². The molecule has 0 aliphatic heterocycles. The number of carbonyl (C=O) groups excluding carboxylic acids is 1. The highest BCUT2D eigenvalue weighted by molar-refractivity contribution is 14.1. The van der Waals surface area contributed by atoms with E-state index in [4.69, 9.17) is 9.47 Å². The molecular formula is C15H22INO3. The maximum atomic E-state index is 11.7. The van der Waals surface area contributed by atoms with E-state index in [1.165, 1.54) is 0 Å². The molecule has 0 fully saturated rings. The van der Waals surface area contributed by atoms with Crippen molar-refractivity contribution in [3.63, 3.8) is 0 Å². The Labute approximate surface area is 134 Å². The van der Waals surface area contributed by atoms with Gasteiger partial charge in [0.1, 0.15) is 5.60 Å². The first-order valence-corrected chi connectivity index (χ1v) is 8.14. The van der Waals surface area contributed by atoms with Crippen molar-refractivity contribution in [2.24, 2.45) is 0 Å². The average molecular weight is 391 g/mol. The number of rotatable bonds is 6. The largest absolute Gasteiger partial charge is 0.444 e. The van der Waals surface area contributed by atoms with E-state index in [0.717, 1.165) is 9.99 Å². The highest BCUT2D eigenvalue weighted by Gasteiger charge is 2.18. The van der Waals surface area contributed by atoms with Crippen LogP contribution in [0.4, 0.5) is 4.79 Å². The molecule has 0 bridgehead atoms. The molecule has 0 spiro atoms. The van der Waals surface area contributed by atoms with E-state index in [1.807, 2.05) is 51.1 Å². The van der Waals surface area contributed by atoms with E-state index in [2.05, 4.69) is 27.9 Å². The Hall–Kier alpha value is -0.820. The molecule has 0 aliphatic carbocycles. The predicted molar refractivity (Wildman–Crippen MR) is 88.3 cm³/mol. The van der Waals surface area contributed by atoms with Gasteiger partial charge in [-0.3, -0.25) is 0 Å². The van der Waals surface area contributed by atoms with E-state index in [-0.39, 0.29) is 6.10 Å². The lowest BCUT2D eigenvalue weighted by Gasteiger charge is -2.22. The van der Waals surface area contributed by atoms with Crippen LogP contribution in [0.25, 0.3) is 0 Å². The predicted octanol–water partition coefficient (Wildman–Crippen LogP) is 3.70. The van der Waals surface area contributed by atoms with E-state index in [0.29, 0.717) is 13.2 Å². The molecule has 1 aromatic rings. The third-order valence-electron chi connectivity index (χ3n) is 2.40. The summed E-state index contributed by atoms with van der Waals surface area (Å²) in [6.45, 7) is 6.57. The summed E-state index contributed by atoms with van der Waals surface area (Å²) < 4.78 is 11.9. The molecule has 1 amide bonds. The molecule has 1 atom stereocenters. The second kappa shape index (κ2) is 8.46. The number of alkyl carbamates (subject to hydrolysis) is 1. The van der Waals surface area contributed by atoms with Gasteiger partial charge in [-0.1, -0.05) is 52.9 Å². The van der Waals surface area contributed by atoms with Gasteiger partial charge in [0.15, 0.2) is 0 Å². The van der Waals surface area contributed by atoms with Crippen LogP contribution in [0.2, 0.25) is 0 Å². The maximum absolute atomic E-state index is 11.7. The first-order valence-electron chi connectivity index (χ1n) is 6.62. The number of ether oxygens (including phenoxy) is 2. The van der Waals surface area contributed by atoms with Gasteiger partial charge in [0.05, 0.1) is 19.3 Å². The summed E-state index contributed by atoms with van der Waals surface area (Å²) in [7, 11) is 0. The maximum Gasteiger partial charge on any atom is 0.407 e. The fourth-order valence-corrected chi connectivity index (χ4v) is 1.87. The molecule has 112 valence electrons. The Kier molecular flexibility index (Phi) is 7.29. The molecular weight excluding hydrogens is 369 g/mol. The number of hydrogen-bond acceptors (Lipinski definition) is 3. The van der Waals surface area contributed by atoms with Gasteiger partial charge in [0.2, 0.25) is 0 Å². The third-order valence-corrected chi connectivity index (χ3v) is 2.84. The van der Waals surface area contributed by atoms with Gasteiger partial charge >= 0.3 is 6.09 Å². The SMILES string of the molecule is CC(C)(C)OC(=O)NCC(OCCI)c1ccccc1. The van der Waals surface area contributed by atoms with Crippen LogP contribution < -0.4 is 5.32 Å². The fourth-order valence-electron chi connectivity index (χ4n) is 1.62. The van der Waals surface area contributed by atoms with Crippen LogP contribution in [0.15, 0.2) is 30.3 Å². The van der Waals surface area contributed by atoms with E-state index in [9.17, 15) is 4.79 Å². The molecule has 5 heteroatoms. The molecule has 1 unspecified atom stereocenters. The summed E-state index contributed by atoms with van der Waals surface area (Å²) in [6, 6.07) is 9.87. The Morgan fingerprint density at radius 2 is 1.95 bits per heavy atom. The number of amides is 1. The van der Waals surface area contributed by atoms with Crippen LogP contribution in [-0.2, 0) is 9.47 Å². The monoisotopic (exact) mass is 391 g/mol. The average Bonchev–Trinajstić information content (AvgIpc) is 2.38. The van der Waals surface area contributed by atoms with Gasteiger partial charge in [-0.15, -0.1) is 0 Å². The number of alkyl halides is 1. The Bertz CT molecular complexity index is 403. The van der Waals surface area contributed by atoms with Crippen molar-refractivity contribution in [1.29, 1.82) is 0 Å². The standard InChI is InChI=1S/C15H22INO3/c1-15(2,3)20-14(18)17-11-13(19-10-9-16)12-7-5-4-6-8-12/h4-8,13H,9-11H2,1-3H3,(H,17,18). The number of hydrogen-bond donors (Lipinski definition) is 1. The lowest BCUT2D eigenvalue weighted by molar-refractivity contribution is 0.0388. The first kappa shape index (κ1) is 17.2. The van der Waals surface area contributed by atoms with E-state index in [1.54, 1.807) is 0 Å². The summed E-state index contributed by atoms with van der Waals surface area (Å²) in [5, 5.41) is 2.76. The zero-order chi connectivity index (χ0) is 15.0. The zero-order valence-corrected chi connectivity index (χ0v) is 14.3. The minimum absolute atomic E-state index is 0.154. The van der Waals surface area contributed by atoms with Crippen LogP contribution in [-0.4, -0.2) is 29.3 Å². The Balaban J connectivity index is 2.55. The topological polar surface area (TPSA) is 47.6 Å². The van der Waals surface area contributed by atoms with Crippen LogP contribution in [0.3, 0.4) is 0 Å². The minimum Gasteiger partial charge on any atom is -0.444 e. The molecule has 1 aromatic carbocycles. The molecule has 0 saturated carbocycles. The van der Waals surface area contributed by atoms with Crippen molar-refractivity contribution in [3.8, 4) is 0 Å². The minimum atomic E-state index is -0.491. The van der Waals surface area contributed by atoms with Gasteiger partial charge in [0.25, 0.3) is 0 Å². The normalized spacial score (nSPS) is 12.8. The van der Waals surface area contributed by atoms with Crippen molar-refractivity contribution >= 4 is 28.7 Å². The molecule has 0 saturated heterocycles. The van der Waals surface area contributed by atoms with E-state index < -0.39 is 11.7 Å². The van der Waals surface area contributed by atoms with Crippen LogP contribution in [0.5, 0.6) is 0 Å². The summed E-state index contributed by atoms with van der Waals surface area (Å²) in [6.07, 6.45) is -0.574. The van der Waals surface area contributed by atoms with Gasteiger partial charge in [-0.05, 0) is 26.3 Å². The highest BCUT2D eigenvalue weighted by Crippen LogP contribution is 2.16. The molecule has 0 aliphatic rings. The molecule has 4 nitrogen and oxygen atoms in total. The van der Waals surface area contributed by atoms with Gasteiger partial charge in [0, 0.05) is 4.43 Å². The Morgan fingerprint density at radius 1 is 1.30 bits per heavy atom. The number of carbonyl (C=O) groups is 1. The smallest absolute Gasteiger partial charge is 0.407 e. The van der Waals surface area contributed by atoms with Crippen molar-refractivity contribution in [2.45, 2.75) is 32.5 Å². The van der Waals surface area contributed by atoms with Crippen molar-refractivity contribution in [3.05, 3.63) is 35.9 Å². The lowest BCUT2D eigenvalue weighted by Crippen LogP contribution is -2.35. The molecule has 0 radical (unpaired) electrons. The summed E-state index contributed by atoms with van der Waals surface area (Å²) in [5.74, 6) is 0. The second-order valence-corrected chi connectivity index (χ2v) is 6.42. The van der Waals surface area contributed by atoms with Crippen LogP contribution >= 0.6 is 22.6 Å². The third kappa shape index (κ3) is 7.09. The fraction of sp³-hybridized carbons (Fsp3) is 0.533. The summed E-state index contributed by atoms with van der Waals surface area (Å²) in [5.41, 5.74) is 0.559. The summed E-state index contributed by atoms with van der Waals surface area (Å²) in [4.78, 5) is 11.7. The molecule has 0 aromatic heterocycles. The number of nitrogens with one attached hydrogen (secondary N) is 1. The second-order valence-electron chi connectivity index (χ2n) is 5.34.